The van der Waals surface area contributed by atoms with Crippen LogP contribution in [0.25, 0.3) is 0 Å². The van der Waals surface area contributed by atoms with Crippen LogP contribution in [0.2, 0.25) is 0 Å². The maximum Gasteiger partial charge on any atom is 0.219 e. The molecule has 0 spiro atoms. The molecule has 0 fully saturated rings. The van der Waals surface area contributed by atoms with Gasteiger partial charge in [0.15, 0.2) is 0 Å². The number of hydrogen-bond donors (Lipinski definition) is 2. The van der Waals surface area contributed by atoms with Crippen LogP contribution in [-0.4, -0.2) is 27.7 Å². The van der Waals surface area contributed by atoms with Gasteiger partial charge in [0.1, 0.15) is 5.75 Å². The first kappa shape index (κ1) is 14.5. The fraction of sp³-hybridized carbons (Fsp3) is 0.364. The number of ether oxygens (including phenoxy) is 1. The number of methoxy groups -OCH3 is 1. The van der Waals surface area contributed by atoms with Crippen molar-refractivity contribution in [2.24, 2.45) is 5.73 Å². The monoisotopic (exact) mass is 272 g/mol. The Hall–Kier alpha value is -1.60. The van der Waals surface area contributed by atoms with Crippen LogP contribution in [0.4, 0.5) is 0 Å². The topological polar surface area (TPSA) is 98.5 Å². The zero-order chi connectivity index (χ0) is 13.8. The molecule has 0 saturated carbocycles. The van der Waals surface area contributed by atoms with Crippen LogP contribution in [0.15, 0.2) is 24.3 Å². The Morgan fingerprint density at radius 2 is 1.94 bits per heavy atom. The van der Waals surface area contributed by atoms with E-state index in [4.69, 9.17) is 10.5 Å². The Kier molecular flexibility index (Phi) is 4.69. The van der Waals surface area contributed by atoms with E-state index in [0.717, 1.165) is 6.26 Å². The minimum absolute atomic E-state index is 0.0978. The molecule has 1 rings (SSSR count). The number of carbonyl (C=O) groups excluding carboxylic acids is 1. The van der Waals surface area contributed by atoms with Gasteiger partial charge in [0.2, 0.25) is 15.9 Å². The lowest BCUT2D eigenvalue weighted by atomic mass is 10.0. The van der Waals surface area contributed by atoms with Crippen molar-refractivity contribution in [3.05, 3.63) is 29.8 Å². The maximum atomic E-state index is 11.2. The average molecular weight is 272 g/mol. The summed E-state index contributed by atoms with van der Waals surface area (Å²) in [6, 6.07) is 6.08. The normalized spacial score (nSPS) is 13.0. The molecule has 0 heterocycles. The summed E-state index contributed by atoms with van der Waals surface area (Å²) in [6.07, 6.45) is 0.934. The highest BCUT2D eigenvalue weighted by Crippen LogP contribution is 2.20. The van der Waals surface area contributed by atoms with Crippen molar-refractivity contribution >= 4 is 15.9 Å². The van der Waals surface area contributed by atoms with Crippen molar-refractivity contribution in [3.63, 3.8) is 0 Å². The molecule has 0 bridgehead atoms. The molecule has 18 heavy (non-hydrogen) atoms. The summed E-state index contributed by atoms with van der Waals surface area (Å²) in [7, 11) is -1.89. The third-order valence-corrected chi connectivity index (χ3v) is 2.99. The number of amides is 1. The Balaban J connectivity index is 2.97. The molecule has 100 valence electrons. The molecule has 0 saturated heterocycles. The zero-order valence-electron chi connectivity index (χ0n) is 10.2. The summed E-state index contributed by atoms with van der Waals surface area (Å²) in [5.41, 5.74) is 5.76. The van der Waals surface area contributed by atoms with Crippen molar-refractivity contribution in [1.82, 2.24) is 4.72 Å². The van der Waals surface area contributed by atoms with Crippen molar-refractivity contribution in [1.29, 1.82) is 0 Å². The zero-order valence-corrected chi connectivity index (χ0v) is 11.0. The van der Waals surface area contributed by atoms with Crippen LogP contribution in [0, 0.1) is 0 Å². The SMILES string of the molecule is COc1ccc([C@@H](CC(N)=O)NS(C)(=O)=O)cc1. The molecule has 3 N–H and O–H groups in total. The Bertz CT molecular complexity index is 510. The molecule has 1 amide bonds. The molecule has 0 aliphatic rings. The minimum atomic E-state index is -3.42. The Morgan fingerprint density at radius 1 is 1.39 bits per heavy atom. The highest BCUT2D eigenvalue weighted by molar-refractivity contribution is 7.88. The fourth-order valence-electron chi connectivity index (χ4n) is 1.52. The van der Waals surface area contributed by atoms with Crippen LogP contribution in [0.5, 0.6) is 5.75 Å². The van der Waals surface area contributed by atoms with Crippen LogP contribution in [0.1, 0.15) is 18.0 Å². The van der Waals surface area contributed by atoms with Gasteiger partial charge in [-0.3, -0.25) is 4.79 Å². The molecule has 0 unspecified atom stereocenters. The first-order valence-electron chi connectivity index (χ1n) is 5.21. The third kappa shape index (κ3) is 4.72. The molecule has 1 aromatic rings. The van der Waals surface area contributed by atoms with Gasteiger partial charge in [0, 0.05) is 6.42 Å². The van der Waals surface area contributed by atoms with Gasteiger partial charge in [-0.15, -0.1) is 0 Å². The predicted octanol–water partition coefficient (Wildman–Crippen LogP) is 0.161. The summed E-state index contributed by atoms with van der Waals surface area (Å²) in [5, 5.41) is 0. The average Bonchev–Trinajstić information content (AvgIpc) is 2.26. The molecule has 6 nitrogen and oxygen atoms in total. The lowest BCUT2D eigenvalue weighted by Gasteiger charge is -2.16. The molecular weight excluding hydrogens is 256 g/mol. The minimum Gasteiger partial charge on any atom is -0.497 e. The van der Waals surface area contributed by atoms with E-state index < -0.39 is 22.0 Å². The first-order chi connectivity index (χ1) is 8.31. The lowest BCUT2D eigenvalue weighted by molar-refractivity contribution is -0.118. The number of carbonyl (C=O) groups is 1. The van der Waals surface area contributed by atoms with Gasteiger partial charge in [-0.2, -0.15) is 0 Å². The first-order valence-corrected chi connectivity index (χ1v) is 7.10. The number of hydrogen-bond acceptors (Lipinski definition) is 4. The van der Waals surface area contributed by atoms with Gasteiger partial charge in [-0.25, -0.2) is 13.1 Å². The van der Waals surface area contributed by atoms with Gasteiger partial charge >= 0.3 is 0 Å². The molecule has 0 radical (unpaired) electrons. The summed E-state index contributed by atoms with van der Waals surface area (Å²) in [6.45, 7) is 0. The van der Waals surface area contributed by atoms with E-state index in [-0.39, 0.29) is 6.42 Å². The number of primary amides is 1. The second-order valence-electron chi connectivity index (χ2n) is 3.89. The molecule has 0 aromatic heterocycles. The molecular formula is C11H16N2O4S. The number of sulfonamides is 1. The van der Waals surface area contributed by atoms with E-state index in [1.807, 2.05) is 0 Å². The van der Waals surface area contributed by atoms with Gasteiger partial charge < -0.3 is 10.5 Å². The fourth-order valence-corrected chi connectivity index (χ4v) is 2.26. The second kappa shape index (κ2) is 5.83. The van der Waals surface area contributed by atoms with Crippen molar-refractivity contribution in [2.75, 3.05) is 13.4 Å². The van der Waals surface area contributed by atoms with Crippen LogP contribution < -0.4 is 15.2 Å². The van der Waals surface area contributed by atoms with Crippen molar-refractivity contribution in [3.8, 4) is 5.75 Å². The smallest absolute Gasteiger partial charge is 0.219 e. The van der Waals surface area contributed by atoms with Gasteiger partial charge in [-0.1, -0.05) is 12.1 Å². The van der Waals surface area contributed by atoms with Gasteiger partial charge in [0.05, 0.1) is 19.4 Å². The second-order valence-corrected chi connectivity index (χ2v) is 5.67. The third-order valence-electron chi connectivity index (χ3n) is 2.28. The largest absolute Gasteiger partial charge is 0.497 e. The number of nitrogens with one attached hydrogen (secondary N) is 1. The van der Waals surface area contributed by atoms with Gasteiger partial charge in [0.25, 0.3) is 0 Å². The summed E-state index contributed by atoms with van der Waals surface area (Å²) >= 11 is 0. The quantitative estimate of drug-likeness (QED) is 0.770. The van der Waals surface area contributed by atoms with E-state index in [9.17, 15) is 13.2 Å². The van der Waals surface area contributed by atoms with E-state index in [2.05, 4.69) is 4.72 Å². The van der Waals surface area contributed by atoms with Crippen LogP contribution in [0.3, 0.4) is 0 Å². The number of benzene rings is 1. The molecule has 0 aliphatic heterocycles. The van der Waals surface area contributed by atoms with E-state index >= 15 is 0 Å². The van der Waals surface area contributed by atoms with Crippen LogP contribution >= 0.6 is 0 Å². The molecule has 1 aromatic carbocycles. The number of nitrogens with two attached hydrogens (primary N) is 1. The predicted molar refractivity (Wildman–Crippen MR) is 67.5 cm³/mol. The van der Waals surface area contributed by atoms with Gasteiger partial charge in [-0.05, 0) is 17.7 Å². The van der Waals surface area contributed by atoms with E-state index in [0.29, 0.717) is 11.3 Å². The highest BCUT2D eigenvalue weighted by atomic mass is 32.2. The van der Waals surface area contributed by atoms with Crippen molar-refractivity contribution in [2.45, 2.75) is 12.5 Å². The standard InChI is InChI=1S/C11H16N2O4S/c1-17-9-5-3-8(4-6-9)10(7-11(12)14)13-18(2,15)16/h3-6,10,13H,7H2,1-2H3,(H2,12,14)/t10-/m1/s1. The highest BCUT2D eigenvalue weighted by Gasteiger charge is 2.18. The Morgan fingerprint density at radius 3 is 2.33 bits per heavy atom. The van der Waals surface area contributed by atoms with E-state index in [1.54, 1.807) is 24.3 Å². The Labute approximate surface area is 106 Å². The maximum absolute atomic E-state index is 11.2. The number of rotatable bonds is 6. The lowest BCUT2D eigenvalue weighted by Crippen LogP contribution is -2.30. The molecule has 1 atom stereocenters. The molecule has 0 aliphatic carbocycles. The van der Waals surface area contributed by atoms with Crippen LogP contribution in [-0.2, 0) is 14.8 Å². The van der Waals surface area contributed by atoms with Crippen molar-refractivity contribution < 1.29 is 17.9 Å². The van der Waals surface area contributed by atoms with E-state index in [1.165, 1.54) is 7.11 Å². The summed E-state index contributed by atoms with van der Waals surface area (Å²) < 4.78 is 29.8. The summed E-state index contributed by atoms with van der Waals surface area (Å²) in [5.74, 6) is 0.0721. The summed E-state index contributed by atoms with van der Waals surface area (Å²) in [4.78, 5) is 11.0. The molecule has 7 heteroatoms.